The number of nitrogens with zero attached hydrogens (tertiary/aromatic N) is 1. The molecule has 3 rings (SSSR count). The van der Waals surface area contributed by atoms with Gasteiger partial charge in [-0.05, 0) is 45.2 Å². The first kappa shape index (κ1) is 17.8. The van der Waals surface area contributed by atoms with Crippen molar-refractivity contribution >= 4 is 23.2 Å². The average molecular weight is 344 g/mol. The average Bonchev–Trinajstić information content (AvgIpc) is 3.10. The molecule has 5 heteroatoms. The molecule has 1 aromatic carbocycles. The van der Waals surface area contributed by atoms with Gasteiger partial charge in [-0.1, -0.05) is 19.8 Å². The lowest BCUT2D eigenvalue weighted by atomic mass is 9.93. The molecule has 0 unspecified atom stereocenters. The molecule has 0 bridgehead atoms. The van der Waals surface area contributed by atoms with Gasteiger partial charge in [0.15, 0.2) is 0 Å². The third kappa shape index (κ3) is 3.65. The first-order valence-corrected chi connectivity index (χ1v) is 9.32. The number of rotatable bonds is 4. The molecule has 1 aliphatic heterocycles. The summed E-state index contributed by atoms with van der Waals surface area (Å²) in [6.45, 7) is 6.87. The number of fused-ring (bicyclic) bond motifs is 1. The van der Waals surface area contributed by atoms with Crippen LogP contribution in [0.25, 0.3) is 0 Å². The third-order valence-electron chi connectivity index (χ3n) is 5.10. The van der Waals surface area contributed by atoms with Gasteiger partial charge in [-0.3, -0.25) is 9.59 Å². The largest absolute Gasteiger partial charge is 0.490 e. The Kier molecular flexibility index (Phi) is 5.02. The summed E-state index contributed by atoms with van der Waals surface area (Å²) in [6.07, 6.45) is 5.09. The van der Waals surface area contributed by atoms with Crippen molar-refractivity contribution in [1.29, 1.82) is 0 Å². The molecular weight excluding hydrogens is 316 g/mol. The Balaban J connectivity index is 1.85. The third-order valence-corrected chi connectivity index (χ3v) is 5.10. The maximum atomic E-state index is 12.8. The summed E-state index contributed by atoms with van der Waals surface area (Å²) in [7, 11) is 0. The van der Waals surface area contributed by atoms with Gasteiger partial charge in [-0.15, -0.1) is 0 Å². The second-order valence-electron chi connectivity index (χ2n) is 7.78. The maximum absolute atomic E-state index is 12.8. The van der Waals surface area contributed by atoms with Gasteiger partial charge in [0.1, 0.15) is 12.4 Å². The molecule has 0 radical (unpaired) electrons. The fraction of sp³-hybridized carbons (Fsp3) is 0.600. The van der Waals surface area contributed by atoms with E-state index in [1.165, 1.54) is 0 Å². The van der Waals surface area contributed by atoms with Crippen LogP contribution in [0, 0.1) is 11.3 Å². The maximum Gasteiger partial charge on any atom is 0.236 e. The van der Waals surface area contributed by atoms with Crippen molar-refractivity contribution in [3.05, 3.63) is 18.2 Å². The van der Waals surface area contributed by atoms with E-state index in [4.69, 9.17) is 4.74 Å². The molecule has 0 spiro atoms. The zero-order valence-corrected chi connectivity index (χ0v) is 15.4. The Labute approximate surface area is 149 Å². The molecule has 1 saturated carbocycles. The summed E-state index contributed by atoms with van der Waals surface area (Å²) in [4.78, 5) is 27.0. The highest BCUT2D eigenvalue weighted by molar-refractivity contribution is 6.00. The van der Waals surface area contributed by atoms with E-state index in [0.29, 0.717) is 18.9 Å². The molecule has 1 aromatic rings. The zero-order valence-electron chi connectivity index (χ0n) is 15.4. The summed E-state index contributed by atoms with van der Waals surface area (Å²) >= 11 is 0. The number of amides is 2. The highest BCUT2D eigenvalue weighted by Crippen LogP contribution is 2.38. The molecule has 1 fully saturated rings. The highest BCUT2D eigenvalue weighted by atomic mass is 16.5. The molecule has 2 aliphatic rings. The van der Waals surface area contributed by atoms with Crippen LogP contribution < -0.4 is 15.0 Å². The predicted octanol–water partition coefficient (Wildman–Crippen LogP) is 3.98. The molecule has 1 aliphatic carbocycles. The van der Waals surface area contributed by atoms with Crippen molar-refractivity contribution in [2.24, 2.45) is 11.3 Å². The standard InChI is InChI=1S/C20H28N2O3/c1-4-11-22-16-10-9-15(21-18(23)14-7-5-6-8-14)12-17(16)25-13-20(2,3)19(22)24/h9-10,12,14H,4-8,11,13H2,1-3H3,(H,21,23). The lowest BCUT2D eigenvalue weighted by Crippen LogP contribution is -2.42. The number of carbonyl (C=O) groups is 2. The lowest BCUT2D eigenvalue weighted by Gasteiger charge is -2.27. The van der Waals surface area contributed by atoms with E-state index in [2.05, 4.69) is 12.2 Å². The van der Waals surface area contributed by atoms with Crippen LogP contribution in [-0.4, -0.2) is 25.0 Å². The van der Waals surface area contributed by atoms with Gasteiger partial charge < -0.3 is 15.0 Å². The van der Waals surface area contributed by atoms with E-state index in [9.17, 15) is 9.59 Å². The van der Waals surface area contributed by atoms with Crippen LogP contribution in [0.5, 0.6) is 5.75 Å². The molecule has 2 amide bonds. The lowest BCUT2D eigenvalue weighted by molar-refractivity contribution is -0.127. The van der Waals surface area contributed by atoms with Crippen molar-refractivity contribution in [3.8, 4) is 5.75 Å². The second kappa shape index (κ2) is 7.06. The van der Waals surface area contributed by atoms with E-state index in [1.54, 1.807) is 0 Å². The molecular formula is C20H28N2O3. The summed E-state index contributed by atoms with van der Waals surface area (Å²) < 4.78 is 5.94. The first-order valence-electron chi connectivity index (χ1n) is 9.32. The Morgan fingerprint density at radius 1 is 1.32 bits per heavy atom. The van der Waals surface area contributed by atoms with Gasteiger partial charge in [0.25, 0.3) is 0 Å². The summed E-state index contributed by atoms with van der Waals surface area (Å²) in [6, 6.07) is 5.59. The molecule has 25 heavy (non-hydrogen) atoms. The van der Waals surface area contributed by atoms with Crippen LogP contribution in [0.4, 0.5) is 11.4 Å². The Morgan fingerprint density at radius 3 is 2.72 bits per heavy atom. The summed E-state index contributed by atoms with van der Waals surface area (Å²) in [5, 5.41) is 3.01. The van der Waals surface area contributed by atoms with E-state index >= 15 is 0 Å². The van der Waals surface area contributed by atoms with Gasteiger partial charge in [0.05, 0.1) is 11.1 Å². The number of carbonyl (C=O) groups excluding carboxylic acids is 2. The van der Waals surface area contributed by atoms with Crippen LogP contribution >= 0.6 is 0 Å². The molecule has 0 atom stereocenters. The fourth-order valence-corrected chi connectivity index (χ4v) is 3.60. The molecule has 136 valence electrons. The molecule has 5 nitrogen and oxygen atoms in total. The van der Waals surface area contributed by atoms with Crippen LogP contribution in [0.3, 0.4) is 0 Å². The quantitative estimate of drug-likeness (QED) is 0.899. The van der Waals surface area contributed by atoms with Crippen molar-refractivity contribution in [2.45, 2.75) is 52.9 Å². The number of nitrogens with one attached hydrogen (secondary N) is 1. The van der Waals surface area contributed by atoms with Crippen LogP contribution in [0.1, 0.15) is 52.9 Å². The number of anilines is 2. The highest BCUT2D eigenvalue weighted by Gasteiger charge is 2.37. The molecule has 0 aromatic heterocycles. The number of hydrogen-bond acceptors (Lipinski definition) is 3. The monoisotopic (exact) mass is 344 g/mol. The Hall–Kier alpha value is -2.04. The van der Waals surface area contributed by atoms with Crippen molar-refractivity contribution in [2.75, 3.05) is 23.4 Å². The van der Waals surface area contributed by atoms with Crippen LogP contribution in [-0.2, 0) is 9.59 Å². The summed E-state index contributed by atoms with van der Waals surface area (Å²) in [5.41, 5.74) is 0.956. The van der Waals surface area contributed by atoms with E-state index in [1.807, 2.05) is 36.9 Å². The van der Waals surface area contributed by atoms with Gasteiger partial charge in [0.2, 0.25) is 11.8 Å². The Bertz CT molecular complexity index is 663. The van der Waals surface area contributed by atoms with Gasteiger partial charge in [0, 0.05) is 24.2 Å². The summed E-state index contributed by atoms with van der Waals surface area (Å²) in [5.74, 6) is 0.956. The smallest absolute Gasteiger partial charge is 0.236 e. The SMILES string of the molecule is CCCN1C(=O)C(C)(C)COc2cc(NC(=O)C3CCCC3)ccc21. The minimum absolute atomic E-state index is 0.0795. The second-order valence-corrected chi connectivity index (χ2v) is 7.78. The fourth-order valence-electron chi connectivity index (χ4n) is 3.60. The van der Waals surface area contributed by atoms with Crippen molar-refractivity contribution in [1.82, 2.24) is 0 Å². The van der Waals surface area contributed by atoms with Crippen LogP contribution in [0.2, 0.25) is 0 Å². The Morgan fingerprint density at radius 2 is 2.04 bits per heavy atom. The van der Waals surface area contributed by atoms with E-state index < -0.39 is 5.41 Å². The number of ether oxygens (including phenoxy) is 1. The minimum Gasteiger partial charge on any atom is -0.490 e. The minimum atomic E-state index is -0.568. The van der Waals surface area contributed by atoms with Gasteiger partial charge in [-0.2, -0.15) is 0 Å². The number of hydrogen-bond donors (Lipinski definition) is 1. The molecule has 1 heterocycles. The van der Waals surface area contributed by atoms with Gasteiger partial charge in [-0.25, -0.2) is 0 Å². The molecule has 0 saturated heterocycles. The van der Waals surface area contributed by atoms with E-state index in [0.717, 1.165) is 43.5 Å². The first-order chi connectivity index (χ1) is 11.9. The zero-order chi connectivity index (χ0) is 18.0. The molecule has 1 N–H and O–H groups in total. The van der Waals surface area contributed by atoms with E-state index in [-0.39, 0.29) is 17.7 Å². The normalized spacial score (nSPS) is 20.0. The predicted molar refractivity (Wildman–Crippen MR) is 98.9 cm³/mol. The van der Waals surface area contributed by atoms with Crippen molar-refractivity contribution in [3.63, 3.8) is 0 Å². The van der Waals surface area contributed by atoms with Gasteiger partial charge >= 0.3 is 0 Å². The van der Waals surface area contributed by atoms with Crippen LogP contribution in [0.15, 0.2) is 18.2 Å². The topological polar surface area (TPSA) is 58.6 Å². The van der Waals surface area contributed by atoms with Crippen molar-refractivity contribution < 1.29 is 14.3 Å². The number of benzene rings is 1.